The minimum absolute atomic E-state index is 0.581. The van der Waals surface area contributed by atoms with Crippen LogP contribution in [-0.2, 0) is 18.9 Å². The molecule has 0 unspecified atom stereocenters. The van der Waals surface area contributed by atoms with E-state index in [1.54, 1.807) is 0 Å². The topological polar surface area (TPSA) is 179 Å². The molecule has 0 amide bonds. The molecule has 11 nitrogen and oxygen atoms in total. The fraction of sp³-hybridized carbons (Fsp3) is 1.00. The maximum Gasteiger partial charge on any atom is 0.187 e. The third-order valence-corrected chi connectivity index (χ3v) is 4.19. The van der Waals surface area contributed by atoms with E-state index in [0.29, 0.717) is 0 Å². The second kappa shape index (κ2) is 8.29. The lowest BCUT2D eigenvalue weighted by Crippen LogP contribution is -2.64. The number of hydrogen-bond acceptors (Lipinski definition) is 11. The van der Waals surface area contributed by atoms with Crippen LogP contribution in [0.4, 0.5) is 0 Å². The third kappa shape index (κ3) is 3.71. The first-order valence-electron chi connectivity index (χ1n) is 7.46. The van der Waals surface area contributed by atoms with E-state index in [9.17, 15) is 30.6 Å². The highest BCUT2D eigenvalue weighted by Crippen LogP contribution is 2.29. The zero-order valence-corrected chi connectivity index (χ0v) is 13.0. The molecule has 2 heterocycles. The van der Waals surface area contributed by atoms with E-state index in [-0.39, 0.29) is 0 Å². The van der Waals surface area contributed by atoms with E-state index in [2.05, 4.69) is 0 Å². The van der Waals surface area contributed by atoms with Crippen molar-refractivity contribution in [3.05, 3.63) is 0 Å². The normalized spacial score (nSPS) is 50.0. The van der Waals surface area contributed by atoms with Gasteiger partial charge in [0.15, 0.2) is 12.6 Å². The third-order valence-electron chi connectivity index (χ3n) is 4.19. The maximum atomic E-state index is 10.2. The molecule has 10 atom stereocenters. The molecule has 11 heteroatoms. The van der Waals surface area contributed by atoms with E-state index < -0.39 is 74.6 Å². The molecule has 0 aromatic heterocycles. The molecule has 0 radical (unpaired) electrons. The Hall–Kier alpha value is -0.440. The smallest absolute Gasteiger partial charge is 0.187 e. The molecule has 0 aromatic carbocycles. The first-order valence-corrected chi connectivity index (χ1v) is 7.46. The van der Waals surface area contributed by atoms with Crippen LogP contribution in [0.3, 0.4) is 0 Å². The summed E-state index contributed by atoms with van der Waals surface area (Å²) in [6.45, 7) is -1.23. The van der Waals surface area contributed by atoms with Crippen molar-refractivity contribution in [2.75, 3.05) is 20.3 Å². The molecular formula is C13H24O11. The Morgan fingerprint density at radius 3 is 1.79 bits per heavy atom. The summed E-state index contributed by atoms with van der Waals surface area (Å²) in [6, 6.07) is 0. The number of aliphatic hydroxyl groups is 7. The Morgan fingerprint density at radius 1 is 0.708 bits per heavy atom. The molecule has 142 valence electrons. The summed E-state index contributed by atoms with van der Waals surface area (Å²) < 4.78 is 20.6. The van der Waals surface area contributed by atoms with Gasteiger partial charge in [-0.05, 0) is 0 Å². The van der Waals surface area contributed by atoms with Gasteiger partial charge in [0.05, 0.1) is 13.2 Å². The molecule has 0 aromatic rings. The van der Waals surface area contributed by atoms with E-state index in [4.69, 9.17) is 24.1 Å². The van der Waals surface area contributed by atoms with Crippen LogP contribution in [0.25, 0.3) is 0 Å². The van der Waals surface area contributed by atoms with Crippen LogP contribution in [-0.4, -0.2) is 117 Å². The largest absolute Gasteiger partial charge is 0.394 e. The molecule has 0 spiro atoms. The van der Waals surface area contributed by atoms with Crippen molar-refractivity contribution in [1.82, 2.24) is 0 Å². The van der Waals surface area contributed by atoms with Gasteiger partial charge in [-0.15, -0.1) is 0 Å². The highest BCUT2D eigenvalue weighted by atomic mass is 16.7. The Labute approximate surface area is 137 Å². The SMILES string of the molecule is CO[C@@H]1O[C@H](CO)[C@@H](O)[C@H](O[C@H]2O[C@H](CO)[C@@H](O)[C@H](O)[C@@H]2O)[C@@H]1O. The van der Waals surface area contributed by atoms with Crippen molar-refractivity contribution >= 4 is 0 Å². The van der Waals surface area contributed by atoms with Crippen LogP contribution in [0.1, 0.15) is 0 Å². The van der Waals surface area contributed by atoms with Gasteiger partial charge >= 0.3 is 0 Å². The highest BCUT2D eigenvalue weighted by molar-refractivity contribution is 4.93. The van der Waals surface area contributed by atoms with Crippen LogP contribution >= 0.6 is 0 Å². The zero-order chi connectivity index (χ0) is 18.0. The second-order valence-electron chi connectivity index (χ2n) is 5.74. The molecule has 7 N–H and O–H groups in total. The number of methoxy groups -OCH3 is 1. The average Bonchev–Trinajstić information content (AvgIpc) is 2.58. The molecule has 2 saturated heterocycles. The lowest BCUT2D eigenvalue weighted by atomic mass is 9.97. The number of hydrogen-bond donors (Lipinski definition) is 7. The van der Waals surface area contributed by atoms with Crippen LogP contribution < -0.4 is 0 Å². The summed E-state index contributed by atoms with van der Waals surface area (Å²) in [6.07, 6.45) is -14.4. The van der Waals surface area contributed by atoms with Crippen LogP contribution in [0.2, 0.25) is 0 Å². The Balaban J connectivity index is 2.14. The molecule has 0 bridgehead atoms. The summed E-state index contributed by atoms with van der Waals surface area (Å²) in [4.78, 5) is 0. The molecule has 0 saturated carbocycles. The van der Waals surface area contributed by atoms with Crippen molar-refractivity contribution in [3.8, 4) is 0 Å². The van der Waals surface area contributed by atoms with Crippen molar-refractivity contribution < 1.29 is 54.7 Å². The Kier molecular flexibility index (Phi) is 6.87. The molecular weight excluding hydrogens is 332 g/mol. The van der Waals surface area contributed by atoms with E-state index in [1.165, 1.54) is 7.11 Å². The summed E-state index contributed by atoms with van der Waals surface area (Å²) in [5, 5.41) is 68.1. The fourth-order valence-electron chi connectivity index (χ4n) is 2.74. The minimum Gasteiger partial charge on any atom is -0.394 e. The Bertz CT molecular complexity index is 378. The Morgan fingerprint density at radius 2 is 1.25 bits per heavy atom. The summed E-state index contributed by atoms with van der Waals surface area (Å²) >= 11 is 0. The second-order valence-corrected chi connectivity index (χ2v) is 5.74. The maximum absolute atomic E-state index is 10.2. The quantitative estimate of drug-likeness (QED) is 0.251. The van der Waals surface area contributed by atoms with Crippen molar-refractivity contribution in [2.24, 2.45) is 0 Å². The average molecular weight is 356 g/mol. The van der Waals surface area contributed by atoms with Gasteiger partial charge in [-0.1, -0.05) is 0 Å². The van der Waals surface area contributed by atoms with Gasteiger partial charge in [0.2, 0.25) is 0 Å². The standard InChI is InChI=1S/C13H24O11/c1-21-12-10(20)11(7(17)5(3-15)22-12)24-13-9(19)8(18)6(16)4(2-14)23-13/h4-20H,2-3H2,1H3/t4-,5-,6-,7-,8+,9+,10+,11+,12-,13-/m1/s1. The zero-order valence-electron chi connectivity index (χ0n) is 13.0. The molecule has 2 rings (SSSR count). The lowest BCUT2D eigenvalue weighted by Gasteiger charge is -2.45. The lowest BCUT2D eigenvalue weighted by molar-refractivity contribution is -0.358. The van der Waals surface area contributed by atoms with Gasteiger partial charge in [-0.3, -0.25) is 0 Å². The fourth-order valence-corrected chi connectivity index (χ4v) is 2.74. The van der Waals surface area contributed by atoms with Crippen LogP contribution in [0.15, 0.2) is 0 Å². The first kappa shape index (κ1) is 19.9. The van der Waals surface area contributed by atoms with Gasteiger partial charge in [0, 0.05) is 7.11 Å². The van der Waals surface area contributed by atoms with Gasteiger partial charge in [0.1, 0.15) is 48.8 Å². The van der Waals surface area contributed by atoms with Crippen LogP contribution in [0, 0.1) is 0 Å². The van der Waals surface area contributed by atoms with E-state index >= 15 is 0 Å². The van der Waals surface area contributed by atoms with Crippen LogP contribution in [0.5, 0.6) is 0 Å². The monoisotopic (exact) mass is 356 g/mol. The summed E-state index contributed by atoms with van der Waals surface area (Å²) in [7, 11) is 1.24. The van der Waals surface area contributed by atoms with Gasteiger partial charge in [-0.25, -0.2) is 0 Å². The molecule has 2 aliphatic rings. The molecule has 2 fully saturated rings. The first-order chi connectivity index (χ1) is 11.3. The van der Waals surface area contributed by atoms with Gasteiger partial charge in [0.25, 0.3) is 0 Å². The van der Waals surface area contributed by atoms with Gasteiger partial charge < -0.3 is 54.7 Å². The predicted octanol–water partition coefficient (Wildman–Crippen LogP) is -4.74. The summed E-state index contributed by atoms with van der Waals surface area (Å²) in [5.74, 6) is 0. The van der Waals surface area contributed by atoms with Crippen molar-refractivity contribution in [2.45, 2.75) is 61.4 Å². The van der Waals surface area contributed by atoms with E-state index in [1.807, 2.05) is 0 Å². The van der Waals surface area contributed by atoms with E-state index in [0.717, 1.165) is 0 Å². The highest BCUT2D eigenvalue weighted by Gasteiger charge is 2.50. The van der Waals surface area contributed by atoms with Gasteiger partial charge in [-0.2, -0.15) is 0 Å². The van der Waals surface area contributed by atoms with Crippen molar-refractivity contribution in [3.63, 3.8) is 0 Å². The molecule has 0 aliphatic carbocycles. The number of aliphatic hydroxyl groups excluding tert-OH is 7. The minimum atomic E-state index is -1.70. The predicted molar refractivity (Wildman–Crippen MR) is 73.4 cm³/mol. The molecule has 24 heavy (non-hydrogen) atoms. The molecule has 2 aliphatic heterocycles. The number of ether oxygens (including phenoxy) is 4. The summed E-state index contributed by atoms with van der Waals surface area (Å²) in [5.41, 5.74) is 0. The number of rotatable bonds is 5. The van der Waals surface area contributed by atoms with Crippen molar-refractivity contribution in [1.29, 1.82) is 0 Å².